The number of sulfone groups is 1. The summed E-state index contributed by atoms with van der Waals surface area (Å²) in [6.07, 6.45) is 0. The lowest BCUT2D eigenvalue weighted by Crippen LogP contribution is -2.28. The normalized spacial score (nSPS) is 16.4. The summed E-state index contributed by atoms with van der Waals surface area (Å²) in [5, 5.41) is 2.69. The van der Waals surface area contributed by atoms with E-state index in [9.17, 15) is 13.2 Å². The Balaban J connectivity index is 2.02. The SMILES string of the molecule is Cc1ccc(NC(=O)C2=C(c3ccccc3)S(=O)(=O)CCO2)cc1. The molecule has 1 N–H and O–H groups in total. The van der Waals surface area contributed by atoms with Crippen LogP contribution in [0.5, 0.6) is 0 Å². The lowest BCUT2D eigenvalue weighted by Gasteiger charge is -2.21. The van der Waals surface area contributed by atoms with Crippen molar-refractivity contribution in [1.82, 2.24) is 0 Å². The van der Waals surface area contributed by atoms with Crippen LogP contribution in [0, 0.1) is 6.92 Å². The first-order valence-corrected chi connectivity index (χ1v) is 9.16. The fourth-order valence-electron chi connectivity index (χ4n) is 2.46. The largest absolute Gasteiger partial charge is 0.486 e. The summed E-state index contributed by atoms with van der Waals surface area (Å²) in [6.45, 7) is 1.91. The van der Waals surface area contributed by atoms with Crippen molar-refractivity contribution in [1.29, 1.82) is 0 Å². The first-order chi connectivity index (χ1) is 11.5. The van der Waals surface area contributed by atoms with E-state index >= 15 is 0 Å². The molecule has 0 unspecified atom stereocenters. The number of rotatable bonds is 3. The molecular weight excluding hydrogens is 326 g/mol. The van der Waals surface area contributed by atoms with Crippen molar-refractivity contribution >= 4 is 26.3 Å². The van der Waals surface area contributed by atoms with E-state index in [1.165, 1.54) is 0 Å². The average Bonchev–Trinajstić information content (AvgIpc) is 2.56. The molecule has 0 saturated carbocycles. The lowest BCUT2D eigenvalue weighted by atomic mass is 10.2. The molecule has 5 nitrogen and oxygen atoms in total. The second-order valence-electron chi connectivity index (χ2n) is 5.51. The Morgan fingerprint density at radius 3 is 2.38 bits per heavy atom. The molecule has 1 aliphatic heterocycles. The van der Waals surface area contributed by atoms with E-state index in [1.54, 1.807) is 42.5 Å². The number of carbonyl (C=O) groups is 1. The van der Waals surface area contributed by atoms with Gasteiger partial charge in [0.25, 0.3) is 5.91 Å². The minimum atomic E-state index is -3.58. The van der Waals surface area contributed by atoms with Crippen molar-refractivity contribution in [2.45, 2.75) is 6.92 Å². The maximum atomic E-state index is 12.6. The van der Waals surface area contributed by atoms with Gasteiger partial charge >= 0.3 is 0 Å². The zero-order valence-corrected chi connectivity index (χ0v) is 14.0. The third-order valence-corrected chi connectivity index (χ3v) is 5.41. The summed E-state index contributed by atoms with van der Waals surface area (Å²) in [5.74, 6) is -0.868. The molecule has 24 heavy (non-hydrogen) atoms. The summed E-state index contributed by atoms with van der Waals surface area (Å²) in [6, 6.07) is 15.8. The highest BCUT2D eigenvalue weighted by Gasteiger charge is 2.33. The minimum Gasteiger partial charge on any atom is -0.486 e. The van der Waals surface area contributed by atoms with Crippen LogP contribution in [0.3, 0.4) is 0 Å². The van der Waals surface area contributed by atoms with Gasteiger partial charge in [-0.25, -0.2) is 8.42 Å². The molecule has 1 aliphatic rings. The molecule has 0 saturated heterocycles. The molecule has 3 rings (SSSR count). The Morgan fingerprint density at radius 2 is 1.71 bits per heavy atom. The summed E-state index contributed by atoms with van der Waals surface area (Å²) in [4.78, 5) is 12.5. The Labute approximate surface area is 140 Å². The number of hydrogen-bond donors (Lipinski definition) is 1. The highest BCUT2D eigenvalue weighted by Crippen LogP contribution is 2.30. The molecular formula is C18H17NO4S. The standard InChI is InChI=1S/C18H17NO4S/c1-13-7-9-15(10-8-13)19-18(20)16-17(14-5-3-2-4-6-14)24(21,22)12-11-23-16/h2-10H,11-12H2,1H3,(H,19,20). The molecule has 0 fully saturated rings. The van der Waals surface area contributed by atoms with Crippen LogP contribution in [0.4, 0.5) is 5.69 Å². The zero-order chi connectivity index (χ0) is 17.2. The summed E-state index contributed by atoms with van der Waals surface area (Å²) < 4.78 is 30.4. The smallest absolute Gasteiger partial charge is 0.292 e. The van der Waals surface area contributed by atoms with Crippen molar-refractivity contribution in [2.24, 2.45) is 0 Å². The monoisotopic (exact) mass is 343 g/mol. The van der Waals surface area contributed by atoms with Gasteiger partial charge in [-0.1, -0.05) is 48.0 Å². The maximum Gasteiger partial charge on any atom is 0.292 e. The van der Waals surface area contributed by atoms with Gasteiger partial charge in [-0.3, -0.25) is 4.79 Å². The van der Waals surface area contributed by atoms with Gasteiger partial charge in [0.15, 0.2) is 9.84 Å². The van der Waals surface area contributed by atoms with Gasteiger partial charge in [-0.2, -0.15) is 0 Å². The number of ether oxygens (including phenoxy) is 1. The van der Waals surface area contributed by atoms with E-state index in [2.05, 4.69) is 5.32 Å². The Hall–Kier alpha value is -2.60. The maximum absolute atomic E-state index is 12.6. The van der Waals surface area contributed by atoms with Crippen molar-refractivity contribution in [3.05, 3.63) is 71.5 Å². The summed E-state index contributed by atoms with van der Waals surface area (Å²) in [7, 11) is -3.58. The number of hydrogen-bond acceptors (Lipinski definition) is 4. The van der Waals surface area contributed by atoms with Crippen molar-refractivity contribution in [3.63, 3.8) is 0 Å². The summed E-state index contributed by atoms with van der Waals surface area (Å²) >= 11 is 0. The number of nitrogens with one attached hydrogen (secondary N) is 1. The highest BCUT2D eigenvalue weighted by atomic mass is 32.2. The number of anilines is 1. The second-order valence-corrected chi connectivity index (χ2v) is 7.56. The van der Waals surface area contributed by atoms with Crippen molar-refractivity contribution in [2.75, 3.05) is 17.7 Å². The van der Waals surface area contributed by atoms with E-state index in [1.807, 2.05) is 19.1 Å². The number of benzene rings is 2. The van der Waals surface area contributed by atoms with E-state index < -0.39 is 15.7 Å². The third-order valence-electron chi connectivity index (χ3n) is 3.67. The van der Waals surface area contributed by atoms with Gasteiger partial charge in [-0.15, -0.1) is 0 Å². The fraction of sp³-hybridized carbons (Fsp3) is 0.167. The third kappa shape index (κ3) is 3.33. The highest BCUT2D eigenvalue weighted by molar-refractivity contribution is 8.00. The van der Waals surface area contributed by atoms with Gasteiger partial charge < -0.3 is 10.1 Å². The number of carbonyl (C=O) groups excluding carboxylic acids is 1. The van der Waals surface area contributed by atoms with E-state index in [-0.39, 0.29) is 23.0 Å². The lowest BCUT2D eigenvalue weighted by molar-refractivity contribution is -0.115. The topological polar surface area (TPSA) is 72.5 Å². The zero-order valence-electron chi connectivity index (χ0n) is 13.2. The molecule has 0 spiro atoms. The molecule has 0 aliphatic carbocycles. The first-order valence-electron chi connectivity index (χ1n) is 7.51. The molecule has 124 valence electrons. The van der Waals surface area contributed by atoms with Gasteiger partial charge in [-0.05, 0) is 24.6 Å². The Bertz CT molecular complexity index is 884. The van der Waals surface area contributed by atoms with E-state index in [0.717, 1.165) is 5.56 Å². The molecule has 0 radical (unpaired) electrons. The summed E-state index contributed by atoms with van der Waals surface area (Å²) in [5.41, 5.74) is 2.09. The number of amides is 1. The molecule has 2 aromatic carbocycles. The van der Waals surface area contributed by atoms with E-state index in [4.69, 9.17) is 4.74 Å². The molecule has 0 atom stereocenters. The molecule has 1 amide bonds. The quantitative estimate of drug-likeness (QED) is 0.930. The van der Waals surface area contributed by atoms with Crippen LogP contribution in [0.2, 0.25) is 0 Å². The Morgan fingerprint density at radius 1 is 1.04 bits per heavy atom. The van der Waals surface area contributed by atoms with Gasteiger partial charge in [0.1, 0.15) is 11.5 Å². The van der Waals surface area contributed by atoms with Crippen molar-refractivity contribution < 1.29 is 17.9 Å². The number of aryl methyl sites for hydroxylation is 1. The Kier molecular flexibility index (Phi) is 4.40. The van der Waals surface area contributed by atoms with Gasteiger partial charge in [0, 0.05) is 5.69 Å². The van der Waals surface area contributed by atoms with Gasteiger partial charge in [0.05, 0.1) is 5.75 Å². The predicted molar refractivity (Wildman–Crippen MR) is 92.9 cm³/mol. The van der Waals surface area contributed by atoms with E-state index in [0.29, 0.717) is 11.3 Å². The van der Waals surface area contributed by atoms with Gasteiger partial charge in [0.2, 0.25) is 5.76 Å². The van der Waals surface area contributed by atoms with Crippen LogP contribution in [0.15, 0.2) is 60.4 Å². The van der Waals surface area contributed by atoms with Crippen LogP contribution in [-0.4, -0.2) is 26.7 Å². The van der Waals surface area contributed by atoms with Crippen LogP contribution in [0.1, 0.15) is 11.1 Å². The first kappa shape index (κ1) is 16.3. The van der Waals surface area contributed by atoms with Crippen molar-refractivity contribution in [3.8, 4) is 0 Å². The second kappa shape index (κ2) is 6.49. The van der Waals surface area contributed by atoms with Crippen LogP contribution in [-0.2, 0) is 19.4 Å². The molecule has 1 heterocycles. The molecule has 6 heteroatoms. The van der Waals surface area contributed by atoms with Crippen LogP contribution in [0.25, 0.3) is 4.91 Å². The predicted octanol–water partition coefficient (Wildman–Crippen LogP) is 2.75. The molecule has 0 aromatic heterocycles. The molecule has 0 bridgehead atoms. The van der Waals surface area contributed by atoms with Crippen LogP contribution >= 0.6 is 0 Å². The minimum absolute atomic E-state index is 0.0324. The van der Waals surface area contributed by atoms with Crippen LogP contribution < -0.4 is 5.32 Å². The molecule has 2 aromatic rings. The fourth-order valence-corrected chi connectivity index (χ4v) is 3.89. The average molecular weight is 343 g/mol.